The minimum Gasteiger partial charge on any atom is -0.384 e. The van der Waals surface area contributed by atoms with Gasteiger partial charge in [0, 0.05) is 41.9 Å². The van der Waals surface area contributed by atoms with Gasteiger partial charge in [0.1, 0.15) is 17.7 Å². The van der Waals surface area contributed by atoms with Crippen molar-refractivity contribution in [2.24, 2.45) is 0 Å². The van der Waals surface area contributed by atoms with Gasteiger partial charge in [-0.3, -0.25) is 14.6 Å². The van der Waals surface area contributed by atoms with Crippen molar-refractivity contribution in [3.8, 4) is 22.4 Å². The number of piperidine rings is 1. The number of likely N-dealkylation sites (tertiary alicyclic amines) is 1. The van der Waals surface area contributed by atoms with Crippen LogP contribution in [0.2, 0.25) is 0 Å². The topological polar surface area (TPSA) is 127 Å². The highest BCUT2D eigenvalue weighted by molar-refractivity contribution is 5.87. The molecule has 1 fully saturated rings. The molecule has 9 nitrogen and oxygen atoms in total. The Morgan fingerprint density at radius 1 is 1.14 bits per heavy atom. The Kier molecular flexibility index (Phi) is 6.19. The zero-order valence-corrected chi connectivity index (χ0v) is 19.6. The van der Waals surface area contributed by atoms with Gasteiger partial charge in [0.15, 0.2) is 11.9 Å². The minimum absolute atomic E-state index is 0.0720. The molecule has 1 amide bonds. The third-order valence-electron chi connectivity index (χ3n) is 6.63. The monoisotopic (exact) mass is 488 g/mol. The maximum atomic E-state index is 13.2. The first-order chi connectivity index (χ1) is 17.4. The summed E-state index contributed by atoms with van der Waals surface area (Å²) < 4.78 is 14.7. The van der Waals surface area contributed by atoms with Crippen molar-refractivity contribution in [2.75, 3.05) is 18.8 Å². The number of carbonyl (C=O) groups excluding carboxylic acids is 2. The molecule has 5 rings (SSSR count). The molecule has 4 heterocycles. The van der Waals surface area contributed by atoms with E-state index in [1.165, 1.54) is 23.6 Å². The zero-order chi connectivity index (χ0) is 25.4. The molecule has 36 heavy (non-hydrogen) atoms. The maximum Gasteiger partial charge on any atom is 0.251 e. The molecule has 1 saturated heterocycles. The smallest absolute Gasteiger partial charge is 0.251 e. The molecule has 0 radical (unpaired) electrons. The first kappa shape index (κ1) is 23.6. The Hall–Kier alpha value is -4.18. The molecular formula is C26H25FN6O3. The molecule has 1 aromatic carbocycles. The molecule has 3 N–H and O–H groups in total. The van der Waals surface area contributed by atoms with Gasteiger partial charge in [0.2, 0.25) is 0 Å². The lowest BCUT2D eigenvalue weighted by Crippen LogP contribution is -2.42. The van der Waals surface area contributed by atoms with Gasteiger partial charge >= 0.3 is 0 Å². The van der Waals surface area contributed by atoms with Crippen molar-refractivity contribution in [3.05, 3.63) is 65.9 Å². The average molecular weight is 489 g/mol. The van der Waals surface area contributed by atoms with E-state index in [-0.39, 0.29) is 23.5 Å². The molecule has 1 aliphatic rings. The van der Waals surface area contributed by atoms with E-state index in [4.69, 9.17) is 10.7 Å². The molecule has 0 saturated carbocycles. The number of halogens is 1. The molecule has 1 aliphatic heterocycles. The summed E-state index contributed by atoms with van der Waals surface area (Å²) in [5.41, 5.74) is 10.7. The van der Waals surface area contributed by atoms with Crippen molar-refractivity contribution < 1.29 is 19.1 Å². The average Bonchev–Trinajstić information content (AvgIpc) is 3.33. The summed E-state index contributed by atoms with van der Waals surface area (Å²) in [5.74, 6) is -0.482. The first-order valence-corrected chi connectivity index (χ1v) is 11.7. The standard InChI is InChI=1S/C26H25FN6O3/c1-15(35)26(36)32-10-8-17(9-11-32)23-21(14-34)24(28)33-25(31-23)20(13-30-33)18-4-7-22(29-12-18)16-2-5-19(27)6-3-16/h2-7,12-15,17,35H,8-11,28H2,1H3/t15-/m1/s1. The van der Waals surface area contributed by atoms with E-state index in [2.05, 4.69) is 10.1 Å². The predicted octanol–water partition coefficient (Wildman–Crippen LogP) is 3.08. The largest absolute Gasteiger partial charge is 0.384 e. The van der Waals surface area contributed by atoms with Crippen molar-refractivity contribution in [1.82, 2.24) is 24.5 Å². The number of hydrogen-bond donors (Lipinski definition) is 2. The predicted molar refractivity (Wildman–Crippen MR) is 132 cm³/mol. The van der Waals surface area contributed by atoms with Gasteiger partial charge in [0.25, 0.3) is 5.91 Å². The summed E-state index contributed by atoms with van der Waals surface area (Å²) in [6.45, 7) is 2.37. The molecule has 0 spiro atoms. The highest BCUT2D eigenvalue weighted by atomic mass is 19.1. The number of nitrogens with two attached hydrogens (primary N) is 1. The van der Waals surface area contributed by atoms with E-state index in [0.717, 1.165) is 11.1 Å². The summed E-state index contributed by atoms with van der Waals surface area (Å²) in [7, 11) is 0. The maximum absolute atomic E-state index is 13.2. The molecule has 0 bridgehead atoms. The Morgan fingerprint density at radius 2 is 1.83 bits per heavy atom. The lowest BCUT2D eigenvalue weighted by Gasteiger charge is -2.33. The van der Waals surface area contributed by atoms with Gasteiger partial charge in [-0.05, 0) is 50.1 Å². The van der Waals surface area contributed by atoms with Crippen LogP contribution in [-0.4, -0.2) is 61.0 Å². The summed E-state index contributed by atoms with van der Waals surface area (Å²) in [5, 5.41) is 14.0. The van der Waals surface area contributed by atoms with Crippen LogP contribution in [0, 0.1) is 5.82 Å². The van der Waals surface area contributed by atoms with E-state index in [1.54, 1.807) is 29.4 Å². The van der Waals surface area contributed by atoms with Crippen LogP contribution >= 0.6 is 0 Å². The Balaban J connectivity index is 1.48. The fourth-order valence-corrected chi connectivity index (χ4v) is 4.66. The number of rotatable bonds is 5. The van der Waals surface area contributed by atoms with Crippen LogP contribution in [0.25, 0.3) is 28.0 Å². The number of aliphatic hydroxyl groups is 1. The third-order valence-corrected chi connectivity index (χ3v) is 6.63. The number of anilines is 1. The number of benzene rings is 1. The van der Waals surface area contributed by atoms with Crippen LogP contribution in [0.4, 0.5) is 10.2 Å². The van der Waals surface area contributed by atoms with Crippen molar-refractivity contribution in [1.29, 1.82) is 0 Å². The quantitative estimate of drug-likeness (QED) is 0.413. The molecule has 10 heteroatoms. The number of nitrogens with zero attached hydrogens (tertiary/aromatic N) is 5. The van der Waals surface area contributed by atoms with Gasteiger partial charge in [-0.1, -0.05) is 6.07 Å². The van der Waals surface area contributed by atoms with Gasteiger partial charge in [-0.15, -0.1) is 0 Å². The third kappa shape index (κ3) is 4.20. The fourth-order valence-electron chi connectivity index (χ4n) is 4.66. The Bertz CT molecular complexity index is 1430. The number of pyridine rings is 1. The second-order valence-corrected chi connectivity index (χ2v) is 8.92. The fraction of sp³-hybridized carbons (Fsp3) is 0.269. The zero-order valence-electron chi connectivity index (χ0n) is 19.6. The van der Waals surface area contributed by atoms with Crippen LogP contribution in [0.1, 0.15) is 41.7 Å². The highest BCUT2D eigenvalue weighted by Gasteiger charge is 2.29. The van der Waals surface area contributed by atoms with Crippen LogP contribution < -0.4 is 5.73 Å². The number of aromatic nitrogens is 4. The number of aliphatic hydroxyl groups excluding tert-OH is 1. The van der Waals surface area contributed by atoms with Crippen molar-refractivity contribution >= 4 is 23.7 Å². The number of carbonyl (C=O) groups is 2. The molecule has 3 aromatic heterocycles. The van der Waals surface area contributed by atoms with Gasteiger partial charge in [-0.2, -0.15) is 9.61 Å². The Labute approximate surface area is 206 Å². The molecule has 0 unspecified atom stereocenters. The van der Waals surface area contributed by atoms with E-state index >= 15 is 0 Å². The summed E-state index contributed by atoms with van der Waals surface area (Å²) in [6.07, 6.45) is 4.18. The van der Waals surface area contributed by atoms with Crippen molar-refractivity contribution in [2.45, 2.75) is 31.8 Å². The molecule has 4 aromatic rings. The van der Waals surface area contributed by atoms with E-state index in [0.29, 0.717) is 60.4 Å². The van der Waals surface area contributed by atoms with Crippen LogP contribution in [0.3, 0.4) is 0 Å². The second-order valence-electron chi connectivity index (χ2n) is 8.92. The number of hydrogen-bond acceptors (Lipinski definition) is 7. The van der Waals surface area contributed by atoms with Gasteiger partial charge in [0.05, 0.1) is 23.1 Å². The lowest BCUT2D eigenvalue weighted by molar-refractivity contribution is -0.140. The minimum atomic E-state index is -1.05. The Morgan fingerprint density at radius 3 is 2.44 bits per heavy atom. The highest BCUT2D eigenvalue weighted by Crippen LogP contribution is 2.34. The molecular weight excluding hydrogens is 463 g/mol. The first-order valence-electron chi connectivity index (χ1n) is 11.7. The summed E-state index contributed by atoms with van der Waals surface area (Å²) in [4.78, 5) is 35.1. The van der Waals surface area contributed by atoms with E-state index in [9.17, 15) is 19.1 Å². The summed E-state index contributed by atoms with van der Waals surface area (Å²) in [6, 6.07) is 9.84. The van der Waals surface area contributed by atoms with Crippen molar-refractivity contribution in [3.63, 3.8) is 0 Å². The van der Waals surface area contributed by atoms with Crippen LogP contribution in [-0.2, 0) is 4.79 Å². The second kappa shape index (κ2) is 9.46. The number of fused-ring (bicyclic) bond motifs is 1. The number of aldehydes is 1. The molecule has 184 valence electrons. The SMILES string of the molecule is C[C@@H](O)C(=O)N1CCC(c2nc3c(-c4ccc(-c5ccc(F)cc5)nc4)cnn3c(N)c2C=O)CC1. The van der Waals surface area contributed by atoms with Crippen LogP contribution in [0.15, 0.2) is 48.8 Å². The van der Waals surface area contributed by atoms with Gasteiger partial charge in [-0.25, -0.2) is 9.37 Å². The van der Waals surface area contributed by atoms with Crippen LogP contribution in [0.5, 0.6) is 0 Å². The number of amides is 1. The lowest BCUT2D eigenvalue weighted by atomic mass is 9.90. The van der Waals surface area contributed by atoms with Gasteiger partial charge < -0.3 is 15.7 Å². The summed E-state index contributed by atoms with van der Waals surface area (Å²) >= 11 is 0. The van der Waals surface area contributed by atoms with E-state index < -0.39 is 6.10 Å². The molecule has 0 aliphatic carbocycles. The van der Waals surface area contributed by atoms with E-state index in [1.807, 2.05) is 12.1 Å². The number of nitrogen functional groups attached to an aromatic ring is 1. The normalized spacial score (nSPS) is 15.2. The molecule has 1 atom stereocenters.